The van der Waals surface area contributed by atoms with Gasteiger partial charge in [-0.15, -0.1) is 10.2 Å². The normalized spacial score (nSPS) is 11.0. The SMILES string of the molecule is COC(CSc1nnc(N)s1)OC. The van der Waals surface area contributed by atoms with Crippen molar-refractivity contribution in [2.24, 2.45) is 0 Å². The molecule has 0 spiro atoms. The van der Waals surface area contributed by atoms with Crippen LogP contribution in [0.25, 0.3) is 0 Å². The molecular weight excluding hydrogens is 210 g/mol. The number of hydrogen-bond acceptors (Lipinski definition) is 7. The van der Waals surface area contributed by atoms with Crippen LogP contribution in [-0.2, 0) is 9.47 Å². The Morgan fingerprint density at radius 3 is 2.62 bits per heavy atom. The summed E-state index contributed by atoms with van der Waals surface area (Å²) in [7, 11) is 3.20. The van der Waals surface area contributed by atoms with Crippen molar-refractivity contribution in [1.29, 1.82) is 0 Å². The van der Waals surface area contributed by atoms with Crippen LogP contribution in [0.2, 0.25) is 0 Å². The van der Waals surface area contributed by atoms with E-state index in [4.69, 9.17) is 15.2 Å². The molecule has 0 bridgehead atoms. The van der Waals surface area contributed by atoms with Crippen LogP contribution in [-0.4, -0.2) is 36.5 Å². The van der Waals surface area contributed by atoms with Gasteiger partial charge in [-0.1, -0.05) is 23.1 Å². The Morgan fingerprint density at radius 1 is 1.46 bits per heavy atom. The maximum atomic E-state index is 5.42. The van der Waals surface area contributed by atoms with Gasteiger partial charge in [-0.3, -0.25) is 0 Å². The molecule has 0 atom stereocenters. The molecule has 0 saturated carbocycles. The minimum Gasteiger partial charge on any atom is -0.374 e. The highest BCUT2D eigenvalue weighted by atomic mass is 32.2. The predicted molar refractivity (Wildman–Crippen MR) is 52.9 cm³/mol. The molecule has 5 nitrogen and oxygen atoms in total. The van der Waals surface area contributed by atoms with Gasteiger partial charge >= 0.3 is 0 Å². The van der Waals surface area contributed by atoms with Gasteiger partial charge in [-0.25, -0.2) is 0 Å². The molecular formula is C6H11N3O2S2. The van der Waals surface area contributed by atoms with E-state index in [0.29, 0.717) is 10.9 Å². The Morgan fingerprint density at radius 2 is 2.15 bits per heavy atom. The number of methoxy groups -OCH3 is 2. The molecule has 1 heterocycles. The second kappa shape index (κ2) is 5.38. The number of nitrogens with two attached hydrogens (primary N) is 1. The third kappa shape index (κ3) is 3.47. The molecule has 1 aromatic heterocycles. The maximum absolute atomic E-state index is 5.42. The van der Waals surface area contributed by atoms with Gasteiger partial charge < -0.3 is 15.2 Å². The molecule has 7 heteroatoms. The first kappa shape index (κ1) is 10.7. The molecule has 0 unspecified atom stereocenters. The minimum absolute atomic E-state index is 0.213. The summed E-state index contributed by atoms with van der Waals surface area (Å²) in [5.74, 6) is 0.682. The first-order valence-corrected chi connectivity index (χ1v) is 5.34. The number of hydrogen-bond donors (Lipinski definition) is 1. The second-order valence-electron chi connectivity index (χ2n) is 2.12. The number of ether oxygens (including phenoxy) is 2. The lowest BCUT2D eigenvalue weighted by Gasteiger charge is -2.10. The lowest BCUT2D eigenvalue weighted by molar-refractivity contribution is -0.0842. The van der Waals surface area contributed by atoms with Crippen molar-refractivity contribution >= 4 is 28.2 Å². The Labute approximate surface area is 84.6 Å². The van der Waals surface area contributed by atoms with Gasteiger partial charge in [0.1, 0.15) is 0 Å². The van der Waals surface area contributed by atoms with Crippen LogP contribution in [0.4, 0.5) is 5.13 Å². The summed E-state index contributed by atoms with van der Waals surface area (Å²) in [6.07, 6.45) is -0.213. The van der Waals surface area contributed by atoms with Crippen LogP contribution in [0.5, 0.6) is 0 Å². The van der Waals surface area contributed by atoms with Crippen LogP contribution in [0.3, 0.4) is 0 Å². The van der Waals surface area contributed by atoms with Gasteiger partial charge in [0, 0.05) is 14.2 Å². The highest BCUT2D eigenvalue weighted by Crippen LogP contribution is 2.24. The van der Waals surface area contributed by atoms with Crippen molar-refractivity contribution in [3.63, 3.8) is 0 Å². The fraction of sp³-hybridized carbons (Fsp3) is 0.667. The fourth-order valence-corrected chi connectivity index (χ4v) is 2.34. The number of nitrogen functional groups attached to an aromatic ring is 1. The molecule has 1 rings (SSSR count). The van der Waals surface area contributed by atoms with Gasteiger partial charge in [-0.2, -0.15) is 0 Å². The van der Waals surface area contributed by atoms with Crippen molar-refractivity contribution in [3.05, 3.63) is 0 Å². The summed E-state index contributed by atoms with van der Waals surface area (Å²) in [5, 5.41) is 8.02. The van der Waals surface area contributed by atoms with Crippen molar-refractivity contribution in [2.45, 2.75) is 10.6 Å². The molecule has 1 aromatic rings. The zero-order chi connectivity index (χ0) is 9.68. The molecule has 0 aliphatic rings. The molecule has 0 saturated heterocycles. The van der Waals surface area contributed by atoms with E-state index in [1.165, 1.54) is 23.1 Å². The van der Waals surface area contributed by atoms with Crippen molar-refractivity contribution < 1.29 is 9.47 Å². The first-order valence-electron chi connectivity index (χ1n) is 3.53. The third-order valence-electron chi connectivity index (χ3n) is 1.29. The third-order valence-corrected chi connectivity index (χ3v) is 3.21. The molecule has 0 fully saturated rings. The summed E-state index contributed by atoms with van der Waals surface area (Å²) in [5.41, 5.74) is 5.42. The van der Waals surface area contributed by atoms with Crippen LogP contribution in [0, 0.1) is 0 Å². The summed E-state index contributed by atoms with van der Waals surface area (Å²) in [6.45, 7) is 0. The zero-order valence-electron chi connectivity index (χ0n) is 7.39. The molecule has 74 valence electrons. The van der Waals surface area contributed by atoms with E-state index in [9.17, 15) is 0 Å². The molecule has 0 amide bonds. The summed E-state index contributed by atoms with van der Waals surface area (Å²) >= 11 is 2.87. The van der Waals surface area contributed by atoms with Gasteiger partial charge in [-0.05, 0) is 0 Å². The van der Waals surface area contributed by atoms with E-state index in [1.54, 1.807) is 14.2 Å². The Kier molecular flexibility index (Phi) is 4.43. The lowest BCUT2D eigenvalue weighted by atomic mass is 10.7. The van der Waals surface area contributed by atoms with E-state index in [0.717, 1.165) is 4.34 Å². The zero-order valence-corrected chi connectivity index (χ0v) is 9.02. The molecule has 0 radical (unpaired) electrons. The fourth-order valence-electron chi connectivity index (χ4n) is 0.650. The number of aromatic nitrogens is 2. The van der Waals surface area contributed by atoms with Gasteiger partial charge in [0.2, 0.25) is 5.13 Å². The number of rotatable bonds is 5. The van der Waals surface area contributed by atoms with E-state index in [2.05, 4.69) is 10.2 Å². The van der Waals surface area contributed by atoms with Crippen LogP contribution < -0.4 is 5.73 Å². The molecule has 2 N–H and O–H groups in total. The number of nitrogens with zero attached hydrogens (tertiary/aromatic N) is 2. The number of thioether (sulfide) groups is 1. The second-order valence-corrected chi connectivity index (χ2v) is 4.39. The monoisotopic (exact) mass is 221 g/mol. The van der Waals surface area contributed by atoms with Gasteiger partial charge in [0.15, 0.2) is 10.6 Å². The van der Waals surface area contributed by atoms with Crippen LogP contribution in [0.1, 0.15) is 0 Å². The topological polar surface area (TPSA) is 70.3 Å². The van der Waals surface area contributed by atoms with Crippen LogP contribution >= 0.6 is 23.1 Å². The largest absolute Gasteiger partial charge is 0.374 e. The Hall–Kier alpha value is -0.370. The Bertz CT molecular complexity index is 252. The molecule has 0 aliphatic heterocycles. The smallest absolute Gasteiger partial charge is 0.203 e. The van der Waals surface area contributed by atoms with E-state index in [-0.39, 0.29) is 6.29 Å². The van der Waals surface area contributed by atoms with Crippen molar-refractivity contribution in [1.82, 2.24) is 10.2 Å². The summed E-state index contributed by atoms with van der Waals surface area (Å²) in [4.78, 5) is 0. The summed E-state index contributed by atoms with van der Waals surface area (Å²) < 4.78 is 10.9. The van der Waals surface area contributed by atoms with E-state index in [1.807, 2.05) is 0 Å². The minimum atomic E-state index is -0.213. The lowest BCUT2D eigenvalue weighted by Crippen LogP contribution is -2.15. The van der Waals surface area contributed by atoms with E-state index >= 15 is 0 Å². The predicted octanol–water partition coefficient (Wildman–Crippen LogP) is 0.831. The highest BCUT2D eigenvalue weighted by molar-refractivity contribution is 8.01. The molecule has 0 aliphatic carbocycles. The number of anilines is 1. The Balaban J connectivity index is 2.33. The van der Waals surface area contributed by atoms with E-state index < -0.39 is 0 Å². The van der Waals surface area contributed by atoms with Gasteiger partial charge in [0.25, 0.3) is 0 Å². The van der Waals surface area contributed by atoms with Crippen molar-refractivity contribution in [2.75, 3.05) is 25.7 Å². The van der Waals surface area contributed by atoms with Gasteiger partial charge in [0.05, 0.1) is 5.75 Å². The first-order chi connectivity index (χ1) is 6.26. The van der Waals surface area contributed by atoms with Crippen molar-refractivity contribution in [3.8, 4) is 0 Å². The average Bonchev–Trinajstić information content (AvgIpc) is 2.53. The molecule has 0 aromatic carbocycles. The average molecular weight is 221 g/mol. The standard InChI is InChI=1S/C6H11N3O2S2/c1-10-4(11-2)3-12-6-9-8-5(7)13-6/h4H,3H2,1-2H3,(H2,7,8). The maximum Gasteiger partial charge on any atom is 0.203 e. The van der Waals surface area contributed by atoms with Crippen LogP contribution in [0.15, 0.2) is 4.34 Å². The highest BCUT2D eigenvalue weighted by Gasteiger charge is 2.08. The quantitative estimate of drug-likeness (QED) is 0.586. The summed E-state index contributed by atoms with van der Waals surface area (Å²) in [6, 6.07) is 0. The molecule has 13 heavy (non-hydrogen) atoms.